The van der Waals surface area contributed by atoms with Gasteiger partial charge >= 0.3 is 17.9 Å². The number of aliphatic hydroxyl groups is 1. The van der Waals surface area contributed by atoms with E-state index in [-0.39, 0.29) is 11.7 Å². The van der Waals surface area contributed by atoms with E-state index >= 15 is 0 Å². The van der Waals surface area contributed by atoms with Crippen LogP contribution in [0.3, 0.4) is 0 Å². The third kappa shape index (κ3) is 8.61. The van der Waals surface area contributed by atoms with Crippen molar-refractivity contribution >= 4 is 23.8 Å². The van der Waals surface area contributed by atoms with Crippen molar-refractivity contribution in [1.82, 2.24) is 20.4 Å². The molecule has 0 atom stereocenters. The summed E-state index contributed by atoms with van der Waals surface area (Å²) in [6, 6.07) is 14.6. The van der Waals surface area contributed by atoms with Gasteiger partial charge in [0.15, 0.2) is 5.60 Å². The number of likely N-dealkylation sites (tertiary alicyclic amines) is 1. The van der Waals surface area contributed by atoms with Crippen LogP contribution >= 0.6 is 0 Å². The van der Waals surface area contributed by atoms with Crippen molar-refractivity contribution in [3.63, 3.8) is 0 Å². The Kier molecular flexibility index (Phi) is 11.2. The summed E-state index contributed by atoms with van der Waals surface area (Å²) in [4.78, 5) is 44.7. The van der Waals surface area contributed by atoms with Crippen LogP contribution < -0.4 is 10.1 Å². The Labute approximate surface area is 252 Å². The molecular formula is C30H35FN4O9. The minimum absolute atomic E-state index is 0.146. The molecule has 14 heteroatoms. The number of carbonyl (C=O) groups is 4. The number of piperidine rings is 1. The molecule has 3 aromatic rings. The van der Waals surface area contributed by atoms with Crippen LogP contribution in [0.4, 0.5) is 4.39 Å². The van der Waals surface area contributed by atoms with E-state index in [2.05, 4.69) is 20.4 Å². The zero-order valence-corrected chi connectivity index (χ0v) is 24.2. The number of aliphatic carboxylic acids is 3. The molecule has 1 aromatic heterocycles. The van der Waals surface area contributed by atoms with Crippen LogP contribution in [0.1, 0.15) is 43.7 Å². The first kappa shape index (κ1) is 33.7. The van der Waals surface area contributed by atoms with Crippen molar-refractivity contribution in [3.05, 3.63) is 71.7 Å². The number of H-pyrrole nitrogens is 1. The average Bonchev–Trinajstić information content (AvgIpc) is 3.42. The van der Waals surface area contributed by atoms with Gasteiger partial charge in [-0.1, -0.05) is 30.3 Å². The van der Waals surface area contributed by atoms with Crippen LogP contribution in [0.2, 0.25) is 0 Å². The lowest BCUT2D eigenvalue weighted by Gasteiger charge is -2.42. The molecule has 0 bridgehead atoms. The largest absolute Gasteiger partial charge is 0.497 e. The molecule has 4 rings (SSSR count). The standard InChI is InChI=1S/C24H27FN4O2.C6H8O7/c1-17(30)27-24(21-8-3-4-9-22(21)25)10-12-29(13-11-24)16-19-15-26-28-23(19)18-6-5-7-20(14-18)31-2;7-3(8)1-6(13,5(11)12)2-4(9)10/h3-9,14-15H,10-13,16H2,1-2H3,(H,26,28)(H,27,30);13H,1-2H2,(H,7,8)(H,9,10)(H,11,12). The Hall–Kier alpha value is -4.82. The Balaban J connectivity index is 0.000000345. The van der Waals surface area contributed by atoms with Gasteiger partial charge in [0.05, 0.1) is 37.4 Å². The fraction of sp³-hybridized carbons (Fsp3) is 0.367. The quantitative estimate of drug-likeness (QED) is 0.185. The van der Waals surface area contributed by atoms with E-state index in [0.29, 0.717) is 18.4 Å². The number of carbonyl (C=O) groups excluding carboxylic acids is 1. The fourth-order valence-corrected chi connectivity index (χ4v) is 5.16. The number of rotatable bonds is 11. The zero-order chi connectivity index (χ0) is 32.5. The Morgan fingerprint density at radius 2 is 1.68 bits per heavy atom. The second-order valence-corrected chi connectivity index (χ2v) is 10.5. The summed E-state index contributed by atoms with van der Waals surface area (Å²) < 4.78 is 19.9. The number of carboxylic acid groups (broad SMARTS) is 3. The minimum atomic E-state index is -2.74. The smallest absolute Gasteiger partial charge is 0.336 e. The Morgan fingerprint density at radius 3 is 2.23 bits per heavy atom. The van der Waals surface area contributed by atoms with Gasteiger partial charge in [0.25, 0.3) is 0 Å². The number of benzene rings is 2. The number of hydrogen-bond donors (Lipinski definition) is 6. The predicted octanol–water partition coefficient (Wildman–Crippen LogP) is 2.60. The monoisotopic (exact) mass is 614 g/mol. The average molecular weight is 615 g/mol. The number of nitrogens with one attached hydrogen (secondary N) is 2. The Bertz CT molecular complexity index is 1470. The number of amides is 1. The van der Waals surface area contributed by atoms with Crippen molar-refractivity contribution in [2.45, 2.75) is 50.3 Å². The summed E-state index contributed by atoms with van der Waals surface area (Å²) in [5, 5.41) is 44.2. The third-order valence-corrected chi connectivity index (χ3v) is 7.27. The number of carboxylic acids is 3. The SMILES string of the molecule is COc1cccc(-c2[nH]ncc2CN2CCC(NC(C)=O)(c3ccccc3F)CC2)c1.O=C(O)CC(O)(CC(=O)O)C(=O)O. The van der Waals surface area contributed by atoms with Crippen LogP contribution in [-0.4, -0.2) is 85.1 Å². The van der Waals surface area contributed by atoms with E-state index in [1.54, 1.807) is 19.2 Å². The first-order chi connectivity index (χ1) is 20.8. The molecule has 0 unspecified atom stereocenters. The van der Waals surface area contributed by atoms with Gasteiger partial charge < -0.3 is 30.5 Å². The lowest BCUT2D eigenvalue weighted by molar-refractivity contribution is -0.170. The highest BCUT2D eigenvalue weighted by Gasteiger charge is 2.41. The van der Waals surface area contributed by atoms with E-state index in [9.17, 15) is 23.6 Å². The lowest BCUT2D eigenvalue weighted by atomic mass is 9.80. The summed E-state index contributed by atoms with van der Waals surface area (Å²) >= 11 is 0. The molecule has 1 aliphatic heterocycles. The van der Waals surface area contributed by atoms with Crippen LogP contribution in [0.15, 0.2) is 54.7 Å². The second kappa shape index (κ2) is 14.6. The molecule has 6 N–H and O–H groups in total. The summed E-state index contributed by atoms with van der Waals surface area (Å²) in [6.07, 6.45) is 0.838. The van der Waals surface area contributed by atoms with Crippen molar-refractivity contribution in [2.24, 2.45) is 0 Å². The van der Waals surface area contributed by atoms with Gasteiger partial charge in [-0.05, 0) is 31.0 Å². The van der Waals surface area contributed by atoms with Crippen LogP contribution in [0.5, 0.6) is 5.75 Å². The molecular weight excluding hydrogens is 579 g/mol. The number of aromatic nitrogens is 2. The summed E-state index contributed by atoms with van der Waals surface area (Å²) in [6.45, 7) is 3.67. The zero-order valence-electron chi connectivity index (χ0n) is 24.2. The molecule has 44 heavy (non-hydrogen) atoms. The van der Waals surface area contributed by atoms with Crippen LogP contribution in [-0.2, 0) is 31.3 Å². The molecule has 1 fully saturated rings. The van der Waals surface area contributed by atoms with Gasteiger partial charge in [-0.15, -0.1) is 0 Å². The van der Waals surface area contributed by atoms with E-state index in [1.165, 1.54) is 13.0 Å². The molecule has 2 aromatic carbocycles. The molecule has 1 saturated heterocycles. The van der Waals surface area contributed by atoms with E-state index in [4.69, 9.17) is 25.2 Å². The van der Waals surface area contributed by atoms with Gasteiger partial charge in [0.2, 0.25) is 5.91 Å². The highest BCUT2D eigenvalue weighted by Crippen LogP contribution is 2.35. The molecule has 13 nitrogen and oxygen atoms in total. The van der Waals surface area contributed by atoms with E-state index in [1.807, 2.05) is 36.5 Å². The number of aromatic amines is 1. The van der Waals surface area contributed by atoms with Crippen molar-refractivity contribution in [1.29, 1.82) is 0 Å². The van der Waals surface area contributed by atoms with Gasteiger partial charge in [-0.25, -0.2) is 9.18 Å². The number of ether oxygens (including phenoxy) is 1. The van der Waals surface area contributed by atoms with Gasteiger partial charge in [-0.2, -0.15) is 5.10 Å². The topological polar surface area (TPSA) is 202 Å². The second-order valence-electron chi connectivity index (χ2n) is 10.5. The van der Waals surface area contributed by atoms with E-state index < -0.39 is 41.9 Å². The first-order valence-electron chi connectivity index (χ1n) is 13.6. The lowest BCUT2D eigenvalue weighted by Crippen LogP contribution is -2.52. The molecule has 0 aliphatic carbocycles. The Morgan fingerprint density at radius 1 is 1.05 bits per heavy atom. The van der Waals surface area contributed by atoms with Crippen molar-refractivity contribution < 1.29 is 48.7 Å². The molecule has 0 spiro atoms. The van der Waals surface area contributed by atoms with Crippen molar-refractivity contribution in [2.75, 3.05) is 20.2 Å². The summed E-state index contributed by atoms with van der Waals surface area (Å²) in [7, 11) is 1.65. The molecule has 236 valence electrons. The number of nitrogens with zero attached hydrogens (tertiary/aromatic N) is 2. The highest BCUT2D eigenvalue weighted by molar-refractivity contribution is 5.88. The highest BCUT2D eigenvalue weighted by atomic mass is 19.1. The predicted molar refractivity (Wildman–Crippen MR) is 154 cm³/mol. The minimum Gasteiger partial charge on any atom is -0.497 e. The maximum atomic E-state index is 14.6. The first-order valence-corrected chi connectivity index (χ1v) is 13.6. The summed E-state index contributed by atoms with van der Waals surface area (Å²) in [5.74, 6) is -4.65. The van der Waals surface area contributed by atoms with Crippen molar-refractivity contribution in [3.8, 4) is 17.0 Å². The molecule has 0 saturated carbocycles. The van der Waals surface area contributed by atoms with Gasteiger partial charge in [0.1, 0.15) is 11.6 Å². The maximum Gasteiger partial charge on any atom is 0.336 e. The fourth-order valence-electron chi connectivity index (χ4n) is 5.16. The van der Waals surface area contributed by atoms with Crippen LogP contribution in [0, 0.1) is 5.82 Å². The number of hydrogen-bond acceptors (Lipinski definition) is 8. The van der Waals surface area contributed by atoms with Gasteiger partial charge in [0, 0.05) is 43.2 Å². The van der Waals surface area contributed by atoms with E-state index in [0.717, 1.165) is 42.2 Å². The number of halogens is 1. The molecule has 2 heterocycles. The molecule has 0 radical (unpaired) electrons. The maximum absolute atomic E-state index is 14.6. The van der Waals surface area contributed by atoms with Gasteiger partial charge in [-0.3, -0.25) is 24.4 Å². The number of methoxy groups -OCH3 is 1. The summed E-state index contributed by atoms with van der Waals surface area (Å²) in [5.41, 5.74) is 0.211. The molecule has 1 amide bonds. The molecule has 1 aliphatic rings. The van der Waals surface area contributed by atoms with Crippen LogP contribution in [0.25, 0.3) is 11.3 Å². The third-order valence-electron chi connectivity index (χ3n) is 7.27. The normalized spacial score (nSPS) is 14.5.